The molecule has 0 unspecified atom stereocenters. The van der Waals surface area contributed by atoms with Crippen molar-refractivity contribution in [2.75, 3.05) is 19.7 Å². The molecule has 2 rings (SSSR count). The topological polar surface area (TPSA) is 52.1 Å². The molecule has 0 spiro atoms. The SMILES string of the molecule is CCC[C@@]1(CO)CCCN(Cc2c(C)n[nH]c2C)C1. The molecule has 1 aliphatic rings. The van der Waals surface area contributed by atoms with Gasteiger partial charge in [-0.05, 0) is 39.7 Å². The fraction of sp³-hybridized carbons (Fsp3) is 0.800. The number of nitrogens with one attached hydrogen (secondary N) is 1. The van der Waals surface area contributed by atoms with E-state index in [1.165, 1.54) is 17.7 Å². The van der Waals surface area contributed by atoms with Crippen molar-refractivity contribution in [3.05, 3.63) is 17.0 Å². The summed E-state index contributed by atoms with van der Waals surface area (Å²) in [6.07, 6.45) is 4.63. The number of rotatable bonds is 5. The molecule has 1 atom stereocenters. The monoisotopic (exact) mass is 265 g/mol. The van der Waals surface area contributed by atoms with Gasteiger partial charge in [0.1, 0.15) is 0 Å². The van der Waals surface area contributed by atoms with Crippen molar-refractivity contribution in [3.8, 4) is 0 Å². The molecule has 0 bridgehead atoms. The van der Waals surface area contributed by atoms with Crippen molar-refractivity contribution in [2.24, 2.45) is 5.41 Å². The van der Waals surface area contributed by atoms with E-state index >= 15 is 0 Å². The highest BCUT2D eigenvalue weighted by molar-refractivity contribution is 5.23. The molecule has 2 heterocycles. The van der Waals surface area contributed by atoms with Gasteiger partial charge < -0.3 is 5.11 Å². The van der Waals surface area contributed by atoms with E-state index in [2.05, 4.69) is 35.9 Å². The Kier molecular flexibility index (Phi) is 4.63. The van der Waals surface area contributed by atoms with Crippen LogP contribution >= 0.6 is 0 Å². The molecular weight excluding hydrogens is 238 g/mol. The molecule has 0 radical (unpaired) electrons. The summed E-state index contributed by atoms with van der Waals surface area (Å²) in [4.78, 5) is 2.49. The smallest absolute Gasteiger partial charge is 0.0639 e. The number of aryl methyl sites for hydroxylation is 2. The van der Waals surface area contributed by atoms with Crippen LogP contribution in [0.3, 0.4) is 0 Å². The molecule has 4 heteroatoms. The Morgan fingerprint density at radius 1 is 1.42 bits per heavy atom. The number of aromatic nitrogens is 2. The summed E-state index contributed by atoms with van der Waals surface area (Å²) in [5.74, 6) is 0. The lowest BCUT2D eigenvalue weighted by atomic mass is 9.77. The molecular formula is C15H27N3O. The molecule has 1 aliphatic heterocycles. The molecule has 0 aromatic carbocycles. The first-order chi connectivity index (χ1) is 9.10. The Hall–Kier alpha value is -0.870. The highest BCUT2D eigenvalue weighted by atomic mass is 16.3. The summed E-state index contributed by atoms with van der Waals surface area (Å²) in [6.45, 7) is 9.79. The Labute approximate surface area is 116 Å². The third kappa shape index (κ3) is 3.18. The van der Waals surface area contributed by atoms with E-state index in [0.717, 1.165) is 44.6 Å². The fourth-order valence-electron chi connectivity index (χ4n) is 3.42. The van der Waals surface area contributed by atoms with Crippen molar-refractivity contribution in [2.45, 2.75) is 53.0 Å². The third-order valence-electron chi connectivity index (χ3n) is 4.52. The van der Waals surface area contributed by atoms with Crippen LogP contribution in [0.15, 0.2) is 0 Å². The molecule has 1 fully saturated rings. The fourth-order valence-corrected chi connectivity index (χ4v) is 3.42. The van der Waals surface area contributed by atoms with Gasteiger partial charge >= 0.3 is 0 Å². The first-order valence-electron chi connectivity index (χ1n) is 7.44. The number of hydrogen-bond donors (Lipinski definition) is 2. The lowest BCUT2D eigenvalue weighted by molar-refractivity contribution is 0.0215. The van der Waals surface area contributed by atoms with Crippen molar-refractivity contribution in [3.63, 3.8) is 0 Å². The van der Waals surface area contributed by atoms with Crippen LogP contribution in [0.4, 0.5) is 0 Å². The van der Waals surface area contributed by atoms with E-state index in [9.17, 15) is 5.11 Å². The molecule has 2 N–H and O–H groups in total. The quantitative estimate of drug-likeness (QED) is 0.859. The lowest BCUT2D eigenvalue weighted by Crippen LogP contribution is -2.45. The number of likely N-dealkylation sites (tertiary alicyclic amines) is 1. The van der Waals surface area contributed by atoms with Gasteiger partial charge in [0.05, 0.1) is 5.69 Å². The van der Waals surface area contributed by atoms with Gasteiger partial charge in [-0.25, -0.2) is 0 Å². The second-order valence-corrected chi connectivity index (χ2v) is 6.13. The molecule has 0 aliphatic carbocycles. The summed E-state index contributed by atoms with van der Waals surface area (Å²) < 4.78 is 0. The zero-order chi connectivity index (χ0) is 13.9. The van der Waals surface area contributed by atoms with Crippen molar-refractivity contribution < 1.29 is 5.11 Å². The zero-order valence-electron chi connectivity index (χ0n) is 12.5. The highest BCUT2D eigenvalue weighted by Crippen LogP contribution is 2.35. The predicted octanol–water partition coefficient (Wildman–Crippen LogP) is 2.40. The summed E-state index contributed by atoms with van der Waals surface area (Å²) in [7, 11) is 0. The first-order valence-corrected chi connectivity index (χ1v) is 7.44. The largest absolute Gasteiger partial charge is 0.396 e. The van der Waals surface area contributed by atoms with Crippen LogP contribution < -0.4 is 0 Å². The van der Waals surface area contributed by atoms with Crippen LogP contribution in [0, 0.1) is 19.3 Å². The van der Waals surface area contributed by atoms with Crippen molar-refractivity contribution in [1.82, 2.24) is 15.1 Å². The molecule has 1 saturated heterocycles. The normalized spacial score (nSPS) is 24.8. The molecule has 1 aromatic rings. The van der Waals surface area contributed by atoms with Gasteiger partial charge in [0, 0.05) is 36.4 Å². The van der Waals surface area contributed by atoms with Crippen LogP contribution in [-0.2, 0) is 6.54 Å². The van der Waals surface area contributed by atoms with Crippen LogP contribution in [0.1, 0.15) is 49.6 Å². The summed E-state index contributed by atoms with van der Waals surface area (Å²) in [5, 5.41) is 17.1. The Balaban J connectivity index is 2.05. The minimum atomic E-state index is 0.124. The van der Waals surface area contributed by atoms with E-state index in [4.69, 9.17) is 0 Å². The number of aliphatic hydroxyl groups is 1. The van der Waals surface area contributed by atoms with E-state index in [0.29, 0.717) is 6.61 Å². The Morgan fingerprint density at radius 3 is 2.79 bits per heavy atom. The number of aliphatic hydroxyl groups excluding tert-OH is 1. The summed E-state index contributed by atoms with van der Waals surface area (Å²) in [5.41, 5.74) is 3.73. The molecule has 0 saturated carbocycles. The van der Waals surface area contributed by atoms with Gasteiger partial charge in [-0.3, -0.25) is 10.00 Å². The molecule has 19 heavy (non-hydrogen) atoms. The lowest BCUT2D eigenvalue weighted by Gasteiger charge is -2.42. The van der Waals surface area contributed by atoms with E-state index in [1.807, 2.05) is 0 Å². The number of piperidine rings is 1. The van der Waals surface area contributed by atoms with Gasteiger partial charge in [0.25, 0.3) is 0 Å². The molecule has 0 amide bonds. The van der Waals surface area contributed by atoms with Gasteiger partial charge in [0.2, 0.25) is 0 Å². The van der Waals surface area contributed by atoms with Crippen LogP contribution in [0.2, 0.25) is 0 Å². The maximum Gasteiger partial charge on any atom is 0.0639 e. The van der Waals surface area contributed by atoms with Crippen LogP contribution in [-0.4, -0.2) is 39.9 Å². The molecule has 4 nitrogen and oxygen atoms in total. The average molecular weight is 265 g/mol. The van der Waals surface area contributed by atoms with Gasteiger partial charge in [0.15, 0.2) is 0 Å². The Bertz CT molecular complexity index is 392. The van der Waals surface area contributed by atoms with Crippen LogP contribution in [0.5, 0.6) is 0 Å². The number of hydrogen-bond acceptors (Lipinski definition) is 3. The molecule has 1 aromatic heterocycles. The predicted molar refractivity (Wildman–Crippen MR) is 77.0 cm³/mol. The standard InChI is InChI=1S/C15H27N3O/c1-4-6-15(11-19)7-5-8-18(10-15)9-14-12(2)16-17-13(14)3/h19H,4-11H2,1-3H3,(H,16,17)/t15-/m1/s1. The second-order valence-electron chi connectivity index (χ2n) is 6.13. The number of aromatic amines is 1. The minimum absolute atomic E-state index is 0.124. The maximum absolute atomic E-state index is 9.78. The average Bonchev–Trinajstić information content (AvgIpc) is 2.71. The first kappa shape index (κ1) is 14.5. The van der Waals surface area contributed by atoms with Crippen molar-refractivity contribution in [1.29, 1.82) is 0 Å². The Morgan fingerprint density at radius 2 is 2.21 bits per heavy atom. The second kappa shape index (κ2) is 6.06. The number of H-pyrrole nitrogens is 1. The van der Waals surface area contributed by atoms with E-state index < -0.39 is 0 Å². The zero-order valence-corrected chi connectivity index (χ0v) is 12.5. The third-order valence-corrected chi connectivity index (χ3v) is 4.52. The van der Waals surface area contributed by atoms with Gasteiger partial charge in [-0.1, -0.05) is 13.3 Å². The van der Waals surface area contributed by atoms with Crippen LogP contribution in [0.25, 0.3) is 0 Å². The van der Waals surface area contributed by atoms with Gasteiger partial charge in [-0.2, -0.15) is 5.10 Å². The van der Waals surface area contributed by atoms with E-state index in [1.54, 1.807) is 0 Å². The highest BCUT2D eigenvalue weighted by Gasteiger charge is 2.34. The summed E-state index contributed by atoms with van der Waals surface area (Å²) in [6, 6.07) is 0. The van der Waals surface area contributed by atoms with Crippen molar-refractivity contribution >= 4 is 0 Å². The van der Waals surface area contributed by atoms with E-state index in [-0.39, 0.29) is 5.41 Å². The minimum Gasteiger partial charge on any atom is -0.396 e. The molecule has 108 valence electrons. The number of nitrogens with zero attached hydrogens (tertiary/aromatic N) is 2. The van der Waals surface area contributed by atoms with Gasteiger partial charge in [-0.15, -0.1) is 0 Å². The maximum atomic E-state index is 9.78. The summed E-state index contributed by atoms with van der Waals surface area (Å²) >= 11 is 0.